The summed E-state index contributed by atoms with van der Waals surface area (Å²) in [6.07, 6.45) is 3.72. The predicted octanol–water partition coefficient (Wildman–Crippen LogP) is 1.65. The van der Waals surface area contributed by atoms with Gasteiger partial charge in [0.1, 0.15) is 5.84 Å². The topological polar surface area (TPSA) is 37.3 Å². The number of aliphatic imine (C=N–C) groups is 1. The number of nitrogens with zero attached hydrogens (tertiary/aromatic N) is 2. The first-order valence-electron chi connectivity index (χ1n) is 4.56. The fraction of sp³-hybridized carbons (Fsp3) is 0.200. The van der Waals surface area contributed by atoms with Gasteiger partial charge in [0.25, 0.3) is 0 Å². The van der Waals surface area contributed by atoms with Crippen molar-refractivity contribution in [2.24, 2.45) is 4.99 Å². The monoisotopic (exact) mass is 203 g/mol. The number of fused-ring (bicyclic) bond motifs is 1. The van der Waals surface area contributed by atoms with Gasteiger partial charge >= 0.3 is 0 Å². The van der Waals surface area contributed by atoms with Gasteiger partial charge in [-0.1, -0.05) is 0 Å². The Hall–Kier alpha value is -1.42. The quantitative estimate of drug-likeness (QED) is 0.765. The number of pyridine rings is 1. The molecule has 0 spiro atoms. The molecule has 0 fully saturated rings. The van der Waals surface area contributed by atoms with Gasteiger partial charge in [-0.25, -0.2) is 0 Å². The van der Waals surface area contributed by atoms with E-state index in [0.717, 1.165) is 18.9 Å². The largest absolute Gasteiger partial charge is 0.367 e. The van der Waals surface area contributed by atoms with E-state index in [0.29, 0.717) is 0 Å². The summed E-state index contributed by atoms with van der Waals surface area (Å²) in [5.41, 5.74) is 0. The zero-order valence-electron chi connectivity index (χ0n) is 7.53. The SMILES string of the molecule is c1cc2cc(C3=NCCN3)sc2cn1. The van der Waals surface area contributed by atoms with Crippen molar-refractivity contribution in [2.45, 2.75) is 0 Å². The van der Waals surface area contributed by atoms with Crippen molar-refractivity contribution in [2.75, 3.05) is 13.1 Å². The van der Waals surface area contributed by atoms with E-state index in [4.69, 9.17) is 0 Å². The maximum absolute atomic E-state index is 4.40. The number of rotatable bonds is 1. The molecule has 1 aliphatic heterocycles. The molecule has 0 radical (unpaired) electrons. The number of hydrogen-bond acceptors (Lipinski definition) is 4. The molecule has 4 heteroatoms. The van der Waals surface area contributed by atoms with Crippen molar-refractivity contribution in [1.82, 2.24) is 10.3 Å². The van der Waals surface area contributed by atoms with Gasteiger partial charge in [-0.2, -0.15) is 0 Å². The number of amidine groups is 1. The second-order valence-electron chi connectivity index (χ2n) is 3.18. The highest BCUT2D eigenvalue weighted by molar-refractivity contribution is 7.20. The number of nitrogens with one attached hydrogen (secondary N) is 1. The third kappa shape index (κ3) is 1.19. The van der Waals surface area contributed by atoms with Crippen molar-refractivity contribution in [3.05, 3.63) is 29.4 Å². The highest BCUT2D eigenvalue weighted by atomic mass is 32.1. The average molecular weight is 203 g/mol. The Morgan fingerprint density at radius 3 is 3.21 bits per heavy atom. The molecule has 3 heterocycles. The maximum atomic E-state index is 4.40. The van der Waals surface area contributed by atoms with Crippen LogP contribution >= 0.6 is 11.3 Å². The first-order chi connectivity index (χ1) is 6.93. The molecule has 70 valence electrons. The summed E-state index contributed by atoms with van der Waals surface area (Å²) < 4.78 is 1.22. The van der Waals surface area contributed by atoms with Gasteiger partial charge in [-0.05, 0) is 17.5 Å². The summed E-state index contributed by atoms with van der Waals surface area (Å²) >= 11 is 1.74. The first kappa shape index (κ1) is 7.94. The van der Waals surface area contributed by atoms with Gasteiger partial charge in [-0.3, -0.25) is 9.98 Å². The molecule has 0 unspecified atom stereocenters. The van der Waals surface area contributed by atoms with Crippen molar-refractivity contribution in [3.63, 3.8) is 0 Å². The number of aromatic nitrogens is 1. The van der Waals surface area contributed by atoms with Crippen LogP contribution in [0.2, 0.25) is 0 Å². The lowest BCUT2D eigenvalue weighted by Crippen LogP contribution is -2.18. The molecule has 1 aliphatic rings. The van der Waals surface area contributed by atoms with Crippen LogP contribution in [0.15, 0.2) is 29.5 Å². The molecule has 2 aromatic heterocycles. The van der Waals surface area contributed by atoms with Gasteiger partial charge in [0.05, 0.1) is 16.1 Å². The maximum Gasteiger partial charge on any atom is 0.138 e. The normalized spacial score (nSPS) is 15.6. The van der Waals surface area contributed by atoms with Crippen LogP contribution < -0.4 is 5.32 Å². The van der Waals surface area contributed by atoms with E-state index in [1.165, 1.54) is 15.0 Å². The first-order valence-corrected chi connectivity index (χ1v) is 5.37. The molecular formula is C10H9N3S. The molecule has 14 heavy (non-hydrogen) atoms. The molecule has 0 atom stereocenters. The van der Waals surface area contributed by atoms with Crippen LogP contribution in [0.5, 0.6) is 0 Å². The highest BCUT2D eigenvalue weighted by Gasteiger charge is 2.10. The van der Waals surface area contributed by atoms with E-state index in [1.807, 2.05) is 18.5 Å². The Morgan fingerprint density at radius 1 is 1.43 bits per heavy atom. The molecule has 0 saturated heterocycles. The van der Waals surface area contributed by atoms with E-state index in [-0.39, 0.29) is 0 Å². The Bertz CT molecular complexity index is 468. The van der Waals surface area contributed by atoms with Crippen molar-refractivity contribution < 1.29 is 0 Å². The number of thiophene rings is 1. The molecule has 0 bridgehead atoms. The molecule has 2 aromatic rings. The van der Waals surface area contributed by atoms with Gasteiger partial charge in [0.2, 0.25) is 0 Å². The smallest absolute Gasteiger partial charge is 0.138 e. The standard InChI is InChI=1S/C10H9N3S/c1-2-11-6-9-7(1)5-8(14-9)10-12-3-4-13-10/h1-2,5-6H,3-4H2,(H,12,13). The van der Waals surface area contributed by atoms with Gasteiger partial charge in [0, 0.05) is 18.9 Å². The van der Waals surface area contributed by atoms with E-state index in [1.54, 1.807) is 11.3 Å². The van der Waals surface area contributed by atoms with Gasteiger partial charge < -0.3 is 5.32 Å². The highest BCUT2D eigenvalue weighted by Crippen LogP contribution is 2.24. The fourth-order valence-electron chi connectivity index (χ4n) is 1.56. The molecule has 0 amide bonds. The van der Waals surface area contributed by atoms with Crippen LogP contribution in [0.4, 0.5) is 0 Å². The molecule has 0 aliphatic carbocycles. The van der Waals surface area contributed by atoms with E-state index in [9.17, 15) is 0 Å². The van der Waals surface area contributed by atoms with E-state index >= 15 is 0 Å². The van der Waals surface area contributed by atoms with Crippen LogP contribution in [0.3, 0.4) is 0 Å². The third-order valence-electron chi connectivity index (χ3n) is 2.23. The minimum Gasteiger partial charge on any atom is -0.367 e. The van der Waals surface area contributed by atoms with Crippen molar-refractivity contribution in [3.8, 4) is 0 Å². The molecular weight excluding hydrogens is 194 g/mol. The molecule has 1 N–H and O–H groups in total. The van der Waals surface area contributed by atoms with E-state index < -0.39 is 0 Å². The van der Waals surface area contributed by atoms with E-state index in [2.05, 4.69) is 21.4 Å². The zero-order chi connectivity index (χ0) is 9.38. The molecule has 3 nitrogen and oxygen atoms in total. The molecule has 3 rings (SSSR count). The minimum absolute atomic E-state index is 0.891. The Balaban J connectivity index is 2.14. The van der Waals surface area contributed by atoms with Crippen LogP contribution in [-0.4, -0.2) is 23.9 Å². The Labute approximate surface area is 85.5 Å². The lowest BCUT2D eigenvalue weighted by atomic mass is 10.3. The van der Waals surface area contributed by atoms with Crippen molar-refractivity contribution >= 4 is 27.3 Å². The Kier molecular flexibility index (Phi) is 1.73. The summed E-state index contributed by atoms with van der Waals surface area (Å²) in [7, 11) is 0. The Morgan fingerprint density at radius 2 is 2.43 bits per heavy atom. The minimum atomic E-state index is 0.891. The predicted molar refractivity (Wildman–Crippen MR) is 59.0 cm³/mol. The van der Waals surface area contributed by atoms with Crippen LogP contribution in [-0.2, 0) is 0 Å². The summed E-state index contributed by atoms with van der Waals surface area (Å²) in [4.78, 5) is 9.71. The van der Waals surface area contributed by atoms with Gasteiger partial charge in [0.15, 0.2) is 0 Å². The molecule has 0 saturated carbocycles. The lowest BCUT2D eigenvalue weighted by Gasteiger charge is -1.94. The second-order valence-corrected chi connectivity index (χ2v) is 4.27. The summed E-state index contributed by atoms with van der Waals surface area (Å²) in [6.45, 7) is 1.85. The fourth-order valence-corrected chi connectivity index (χ4v) is 2.58. The lowest BCUT2D eigenvalue weighted by molar-refractivity contribution is 0.960. The third-order valence-corrected chi connectivity index (χ3v) is 3.32. The average Bonchev–Trinajstić information content (AvgIpc) is 2.86. The van der Waals surface area contributed by atoms with Crippen molar-refractivity contribution in [1.29, 1.82) is 0 Å². The molecule has 0 aromatic carbocycles. The number of hydrogen-bond donors (Lipinski definition) is 1. The van der Waals surface area contributed by atoms with Gasteiger partial charge in [-0.15, -0.1) is 11.3 Å². The van der Waals surface area contributed by atoms with Crippen LogP contribution in [0.1, 0.15) is 4.88 Å². The second kappa shape index (κ2) is 3.06. The van der Waals surface area contributed by atoms with Crippen LogP contribution in [0, 0.1) is 0 Å². The van der Waals surface area contributed by atoms with Crippen LogP contribution in [0.25, 0.3) is 10.1 Å². The summed E-state index contributed by atoms with van der Waals surface area (Å²) in [5, 5.41) is 4.52. The summed E-state index contributed by atoms with van der Waals surface area (Å²) in [5.74, 6) is 1.03. The zero-order valence-corrected chi connectivity index (χ0v) is 8.34. The summed E-state index contributed by atoms with van der Waals surface area (Å²) in [6, 6.07) is 4.20.